The zero-order valence-corrected chi connectivity index (χ0v) is 15.4. The van der Waals surface area contributed by atoms with Gasteiger partial charge in [-0.3, -0.25) is 14.4 Å². The van der Waals surface area contributed by atoms with Crippen molar-refractivity contribution in [2.75, 3.05) is 4.72 Å². The lowest BCUT2D eigenvalue weighted by molar-refractivity contribution is 0.602. The lowest BCUT2D eigenvalue weighted by Crippen LogP contribution is -2.14. The van der Waals surface area contributed by atoms with E-state index in [-0.39, 0.29) is 4.90 Å². The van der Waals surface area contributed by atoms with Crippen LogP contribution in [0.25, 0.3) is 21.9 Å². The number of benzene rings is 1. The van der Waals surface area contributed by atoms with Crippen LogP contribution in [0.3, 0.4) is 0 Å². The number of para-hydroxylation sites is 1. The first-order chi connectivity index (χ1) is 12.3. The Labute approximate surface area is 150 Å². The topological polar surface area (TPSA) is 89.8 Å². The molecule has 26 heavy (non-hydrogen) atoms. The van der Waals surface area contributed by atoms with Crippen LogP contribution in [0.4, 0.5) is 5.69 Å². The van der Waals surface area contributed by atoms with Crippen LogP contribution < -0.4 is 4.72 Å². The molecule has 1 aromatic carbocycles. The Balaban J connectivity index is 1.80. The number of aromatic nitrogens is 4. The van der Waals surface area contributed by atoms with Crippen molar-refractivity contribution in [2.45, 2.75) is 18.7 Å². The van der Waals surface area contributed by atoms with Crippen molar-refractivity contribution >= 4 is 37.6 Å². The number of fused-ring (bicyclic) bond motifs is 2. The van der Waals surface area contributed by atoms with E-state index in [1.165, 1.54) is 6.20 Å². The summed E-state index contributed by atoms with van der Waals surface area (Å²) in [7, 11) is -2.01. The van der Waals surface area contributed by atoms with Crippen LogP contribution in [0.2, 0.25) is 0 Å². The fourth-order valence-electron chi connectivity index (χ4n) is 3.03. The molecule has 8 heteroatoms. The number of sulfonamides is 1. The Bertz CT molecular complexity index is 1260. The van der Waals surface area contributed by atoms with Crippen molar-refractivity contribution in [1.29, 1.82) is 0 Å². The predicted molar refractivity (Wildman–Crippen MR) is 101 cm³/mol. The maximum Gasteiger partial charge on any atom is 0.264 e. The Morgan fingerprint density at radius 3 is 2.69 bits per heavy atom. The highest BCUT2D eigenvalue weighted by Gasteiger charge is 2.19. The minimum atomic E-state index is -3.81. The van der Waals surface area contributed by atoms with Gasteiger partial charge in [0, 0.05) is 24.0 Å². The van der Waals surface area contributed by atoms with E-state index in [4.69, 9.17) is 0 Å². The smallest absolute Gasteiger partial charge is 0.264 e. The van der Waals surface area contributed by atoms with Gasteiger partial charge in [-0.05, 0) is 37.6 Å². The van der Waals surface area contributed by atoms with Gasteiger partial charge < -0.3 is 0 Å². The van der Waals surface area contributed by atoms with Gasteiger partial charge in [0.05, 0.1) is 23.1 Å². The van der Waals surface area contributed by atoms with Gasteiger partial charge in [0.15, 0.2) is 5.65 Å². The van der Waals surface area contributed by atoms with Crippen LogP contribution >= 0.6 is 0 Å². The zero-order chi connectivity index (χ0) is 18.5. The maximum atomic E-state index is 12.9. The molecule has 0 saturated heterocycles. The second-order valence-corrected chi connectivity index (χ2v) is 7.90. The highest BCUT2D eigenvalue weighted by molar-refractivity contribution is 7.93. The number of nitrogens with one attached hydrogen (secondary N) is 1. The van der Waals surface area contributed by atoms with Crippen LogP contribution in [-0.4, -0.2) is 28.2 Å². The van der Waals surface area contributed by atoms with E-state index in [9.17, 15) is 8.42 Å². The molecule has 0 fully saturated rings. The molecule has 3 heterocycles. The molecule has 0 aliphatic carbocycles. The fraction of sp³-hybridized carbons (Fsp3) is 0.167. The third kappa shape index (κ3) is 2.68. The molecule has 0 spiro atoms. The fourth-order valence-corrected chi connectivity index (χ4v) is 4.25. The largest absolute Gasteiger partial charge is 0.278 e. The van der Waals surface area contributed by atoms with Crippen molar-refractivity contribution in [3.8, 4) is 0 Å². The van der Waals surface area contributed by atoms with Crippen molar-refractivity contribution in [3.05, 3.63) is 54.0 Å². The third-order valence-corrected chi connectivity index (χ3v) is 5.63. The summed E-state index contributed by atoms with van der Waals surface area (Å²) < 4.78 is 30.1. The maximum absolute atomic E-state index is 12.9. The predicted octanol–water partition coefficient (Wildman–Crippen LogP) is 2.93. The van der Waals surface area contributed by atoms with Crippen LogP contribution in [0, 0.1) is 13.8 Å². The first-order valence-electron chi connectivity index (χ1n) is 8.03. The molecule has 0 amide bonds. The van der Waals surface area contributed by atoms with Crippen molar-refractivity contribution in [3.63, 3.8) is 0 Å². The van der Waals surface area contributed by atoms with Crippen LogP contribution in [0.15, 0.2) is 47.6 Å². The molecule has 0 atom stereocenters. The molecular formula is C18H17N5O2S. The number of rotatable bonds is 3. The van der Waals surface area contributed by atoms with E-state index >= 15 is 0 Å². The van der Waals surface area contributed by atoms with Gasteiger partial charge in [-0.2, -0.15) is 5.10 Å². The van der Waals surface area contributed by atoms with Gasteiger partial charge in [-0.1, -0.05) is 12.1 Å². The van der Waals surface area contributed by atoms with Crippen molar-refractivity contribution in [1.82, 2.24) is 19.7 Å². The van der Waals surface area contributed by atoms with Crippen LogP contribution in [0.5, 0.6) is 0 Å². The highest BCUT2D eigenvalue weighted by Crippen LogP contribution is 2.25. The third-order valence-electron chi connectivity index (χ3n) is 4.22. The zero-order valence-electron chi connectivity index (χ0n) is 14.6. The summed E-state index contributed by atoms with van der Waals surface area (Å²) in [5, 5.41) is 5.89. The normalized spacial score (nSPS) is 12.0. The van der Waals surface area contributed by atoms with Crippen molar-refractivity contribution < 1.29 is 8.42 Å². The monoisotopic (exact) mass is 367 g/mol. The number of anilines is 1. The molecule has 0 aliphatic rings. The van der Waals surface area contributed by atoms with E-state index in [1.54, 1.807) is 36.1 Å². The summed E-state index contributed by atoms with van der Waals surface area (Å²) >= 11 is 0. The Kier molecular flexibility index (Phi) is 3.66. The second-order valence-electron chi connectivity index (χ2n) is 6.25. The highest BCUT2D eigenvalue weighted by atomic mass is 32.2. The summed E-state index contributed by atoms with van der Waals surface area (Å²) in [5.41, 5.74) is 3.29. The first kappa shape index (κ1) is 16.5. The number of hydrogen-bond acceptors (Lipinski definition) is 5. The second kappa shape index (κ2) is 5.77. The summed E-state index contributed by atoms with van der Waals surface area (Å²) in [6, 6.07) is 8.76. The van der Waals surface area contributed by atoms with E-state index in [0.29, 0.717) is 16.9 Å². The molecule has 4 aromatic rings. The molecule has 0 unspecified atom stereocenters. The number of pyridine rings is 2. The molecule has 132 valence electrons. The molecular weight excluding hydrogens is 350 g/mol. The number of nitrogens with zero attached hydrogens (tertiary/aromatic N) is 4. The van der Waals surface area contributed by atoms with Gasteiger partial charge in [-0.15, -0.1) is 0 Å². The lowest BCUT2D eigenvalue weighted by Gasteiger charge is -2.10. The molecule has 0 radical (unpaired) electrons. The minimum absolute atomic E-state index is 0.137. The molecule has 4 rings (SSSR count). The van der Waals surface area contributed by atoms with Gasteiger partial charge in [0.1, 0.15) is 4.90 Å². The standard InChI is InChI=1S/C18H17N5O2S/c1-11-7-13-5-4-6-16(17(13)19-9-11)26(24,25)22-14-8-15-12(2)21-23(3)18(15)20-10-14/h4-10,22H,1-3H3. The summed E-state index contributed by atoms with van der Waals surface area (Å²) in [6.45, 7) is 3.78. The Hall–Kier alpha value is -3.00. The minimum Gasteiger partial charge on any atom is -0.278 e. The van der Waals surface area contributed by atoms with Crippen LogP contribution in [0.1, 0.15) is 11.3 Å². The van der Waals surface area contributed by atoms with Crippen LogP contribution in [-0.2, 0) is 17.1 Å². The first-order valence-corrected chi connectivity index (χ1v) is 9.51. The molecule has 0 aliphatic heterocycles. The van der Waals surface area contributed by atoms with E-state index in [0.717, 1.165) is 22.0 Å². The Morgan fingerprint density at radius 1 is 1.08 bits per heavy atom. The quantitative estimate of drug-likeness (QED) is 0.601. The SMILES string of the molecule is Cc1cnc2c(S(=O)(=O)Nc3cnc4c(c3)c(C)nn4C)cccc2c1. The lowest BCUT2D eigenvalue weighted by atomic mass is 10.2. The van der Waals surface area contributed by atoms with Gasteiger partial charge in [-0.25, -0.2) is 13.4 Å². The number of hydrogen-bond donors (Lipinski definition) is 1. The molecule has 3 aromatic heterocycles. The Morgan fingerprint density at radius 2 is 1.88 bits per heavy atom. The average Bonchev–Trinajstić information content (AvgIpc) is 2.87. The van der Waals surface area contributed by atoms with Gasteiger partial charge >= 0.3 is 0 Å². The summed E-state index contributed by atoms with van der Waals surface area (Å²) in [4.78, 5) is 8.76. The van der Waals surface area contributed by atoms with Gasteiger partial charge in [0.25, 0.3) is 10.0 Å². The molecule has 0 saturated carbocycles. The summed E-state index contributed by atoms with van der Waals surface area (Å²) in [5.74, 6) is 0. The van der Waals surface area contributed by atoms with Gasteiger partial charge in [0.2, 0.25) is 0 Å². The van der Waals surface area contributed by atoms with E-state index in [2.05, 4.69) is 19.8 Å². The average molecular weight is 367 g/mol. The molecule has 7 nitrogen and oxygen atoms in total. The summed E-state index contributed by atoms with van der Waals surface area (Å²) in [6.07, 6.45) is 3.15. The number of aryl methyl sites for hydroxylation is 3. The molecule has 0 bridgehead atoms. The van der Waals surface area contributed by atoms with Crippen molar-refractivity contribution in [2.24, 2.45) is 7.05 Å². The van der Waals surface area contributed by atoms with E-state index in [1.807, 2.05) is 26.0 Å². The molecule has 1 N–H and O–H groups in total. The van der Waals surface area contributed by atoms with E-state index < -0.39 is 10.0 Å².